The molecule has 0 aliphatic heterocycles. The zero-order chi connectivity index (χ0) is 10.1. The molecule has 2 heterocycles. The predicted molar refractivity (Wildman–Crippen MR) is 61.9 cm³/mol. The van der Waals surface area contributed by atoms with Crippen LogP contribution in [0.3, 0.4) is 0 Å². The van der Waals surface area contributed by atoms with E-state index >= 15 is 0 Å². The third-order valence-corrected chi connectivity index (χ3v) is 2.95. The van der Waals surface area contributed by atoms with Crippen LogP contribution in [0, 0.1) is 10.5 Å². The summed E-state index contributed by atoms with van der Waals surface area (Å²) >= 11 is 2.16. The lowest BCUT2D eigenvalue weighted by molar-refractivity contribution is 0.526. The predicted octanol–water partition coefficient (Wildman–Crippen LogP) is 2.02. The average molecular weight is 303 g/mol. The Hall–Kier alpha value is -0.980. The summed E-state index contributed by atoms with van der Waals surface area (Å²) in [4.78, 5) is 0. The molecule has 0 aliphatic rings. The smallest absolute Gasteiger partial charge is 0.135 e. The largest absolute Gasteiger partial charge is 0.469 e. The summed E-state index contributed by atoms with van der Waals surface area (Å²) in [6.07, 6.45) is 3.43. The van der Waals surface area contributed by atoms with Crippen molar-refractivity contribution < 1.29 is 4.42 Å². The van der Waals surface area contributed by atoms with Gasteiger partial charge in [-0.1, -0.05) is 0 Å². The Labute approximate surface area is 95.2 Å². The lowest BCUT2D eigenvalue weighted by Gasteiger charge is -2.02. The minimum Gasteiger partial charge on any atom is -0.469 e. The van der Waals surface area contributed by atoms with Gasteiger partial charge in [-0.05, 0) is 35.6 Å². The second-order valence-corrected chi connectivity index (χ2v) is 4.20. The number of nitrogen functional groups attached to an aromatic ring is 1. The number of nitrogens with zero attached hydrogens (tertiary/aromatic N) is 2. The monoisotopic (exact) mass is 303 g/mol. The fourth-order valence-corrected chi connectivity index (χ4v) is 1.64. The van der Waals surface area contributed by atoms with E-state index in [4.69, 9.17) is 10.2 Å². The highest BCUT2D eigenvalue weighted by Gasteiger charge is 2.07. The molecule has 0 saturated carbocycles. The lowest BCUT2D eigenvalue weighted by atomic mass is 10.2. The maximum Gasteiger partial charge on any atom is 0.135 e. The van der Waals surface area contributed by atoms with E-state index in [0.29, 0.717) is 12.4 Å². The Morgan fingerprint density at radius 1 is 1.64 bits per heavy atom. The van der Waals surface area contributed by atoms with Gasteiger partial charge in [0.2, 0.25) is 0 Å². The zero-order valence-corrected chi connectivity index (χ0v) is 9.85. The van der Waals surface area contributed by atoms with Crippen LogP contribution in [0.1, 0.15) is 11.3 Å². The van der Waals surface area contributed by atoms with Gasteiger partial charge in [0, 0.05) is 5.56 Å². The van der Waals surface area contributed by atoms with E-state index in [1.807, 2.05) is 13.0 Å². The van der Waals surface area contributed by atoms with Crippen molar-refractivity contribution >= 4 is 28.4 Å². The van der Waals surface area contributed by atoms with Crippen LogP contribution in [0.4, 0.5) is 5.82 Å². The number of nitrogens with two attached hydrogens (primary N) is 1. The molecule has 0 unspecified atom stereocenters. The van der Waals surface area contributed by atoms with Crippen LogP contribution in [-0.2, 0) is 6.54 Å². The third-order valence-electron chi connectivity index (χ3n) is 2.12. The second kappa shape index (κ2) is 3.64. The Morgan fingerprint density at radius 3 is 2.93 bits per heavy atom. The summed E-state index contributed by atoms with van der Waals surface area (Å²) in [5.74, 6) is 1.61. The molecule has 0 bridgehead atoms. The van der Waals surface area contributed by atoms with Crippen molar-refractivity contribution in [2.45, 2.75) is 13.5 Å². The molecule has 0 aliphatic carbocycles. The first-order valence-corrected chi connectivity index (χ1v) is 5.26. The molecule has 2 rings (SSSR count). The molecule has 5 heteroatoms. The van der Waals surface area contributed by atoms with Crippen molar-refractivity contribution in [1.82, 2.24) is 9.78 Å². The maximum atomic E-state index is 5.83. The number of aryl methyl sites for hydroxylation is 1. The molecule has 0 atom stereocenters. The Morgan fingerprint density at radius 2 is 2.43 bits per heavy atom. The van der Waals surface area contributed by atoms with Gasteiger partial charge >= 0.3 is 0 Å². The molecule has 0 aromatic carbocycles. The van der Waals surface area contributed by atoms with E-state index in [-0.39, 0.29) is 0 Å². The van der Waals surface area contributed by atoms with Crippen LogP contribution in [0.15, 0.2) is 22.9 Å². The molecular weight excluding hydrogens is 293 g/mol. The Balaban J connectivity index is 2.27. The molecule has 74 valence electrons. The summed E-state index contributed by atoms with van der Waals surface area (Å²) in [6, 6.07) is 1.93. The summed E-state index contributed by atoms with van der Waals surface area (Å²) in [6.45, 7) is 2.59. The molecule has 4 nitrogen and oxygen atoms in total. The van der Waals surface area contributed by atoms with Gasteiger partial charge in [0.15, 0.2) is 0 Å². The summed E-state index contributed by atoms with van der Waals surface area (Å²) < 4.78 is 7.94. The SMILES string of the molecule is Cc1occc1Cn1ncc(I)c1N. The number of halogens is 1. The lowest BCUT2D eigenvalue weighted by Crippen LogP contribution is -2.06. The van der Waals surface area contributed by atoms with E-state index in [9.17, 15) is 0 Å². The first kappa shape index (κ1) is 9.57. The number of rotatable bonds is 2. The number of hydrogen-bond acceptors (Lipinski definition) is 3. The van der Waals surface area contributed by atoms with Crippen molar-refractivity contribution in [3.05, 3.63) is 33.4 Å². The number of anilines is 1. The number of hydrogen-bond donors (Lipinski definition) is 1. The minimum atomic E-state index is 0.664. The Bertz CT molecular complexity index is 447. The average Bonchev–Trinajstić information content (AvgIpc) is 2.68. The molecule has 2 aromatic heterocycles. The second-order valence-electron chi connectivity index (χ2n) is 3.04. The quantitative estimate of drug-likeness (QED) is 0.864. The van der Waals surface area contributed by atoms with Gasteiger partial charge in [0.05, 0.1) is 22.6 Å². The van der Waals surface area contributed by atoms with Crippen LogP contribution >= 0.6 is 22.6 Å². The maximum absolute atomic E-state index is 5.83. The van der Waals surface area contributed by atoms with Crippen molar-refractivity contribution in [3.63, 3.8) is 0 Å². The summed E-state index contributed by atoms with van der Waals surface area (Å²) in [5, 5.41) is 4.17. The van der Waals surface area contributed by atoms with E-state index in [1.165, 1.54) is 0 Å². The van der Waals surface area contributed by atoms with Crippen molar-refractivity contribution in [3.8, 4) is 0 Å². The highest BCUT2D eigenvalue weighted by Crippen LogP contribution is 2.16. The fraction of sp³-hybridized carbons (Fsp3) is 0.222. The van der Waals surface area contributed by atoms with Crippen LogP contribution in [0.25, 0.3) is 0 Å². The van der Waals surface area contributed by atoms with Crippen LogP contribution in [-0.4, -0.2) is 9.78 Å². The van der Waals surface area contributed by atoms with Crippen LogP contribution < -0.4 is 5.73 Å². The number of furan rings is 1. The topological polar surface area (TPSA) is 57.0 Å². The summed E-state index contributed by atoms with van der Waals surface area (Å²) in [7, 11) is 0. The van der Waals surface area contributed by atoms with Crippen molar-refractivity contribution in [1.29, 1.82) is 0 Å². The van der Waals surface area contributed by atoms with Gasteiger partial charge in [0.1, 0.15) is 11.6 Å². The minimum absolute atomic E-state index is 0.664. The fourth-order valence-electron chi connectivity index (χ4n) is 1.23. The Kier molecular flexibility index (Phi) is 2.49. The molecule has 14 heavy (non-hydrogen) atoms. The highest BCUT2D eigenvalue weighted by molar-refractivity contribution is 14.1. The zero-order valence-electron chi connectivity index (χ0n) is 7.70. The standard InChI is InChI=1S/C9H10IN3O/c1-6-7(2-3-14-6)5-13-9(11)8(10)4-12-13/h2-4H,5,11H2,1H3. The van der Waals surface area contributed by atoms with Gasteiger partial charge in [-0.2, -0.15) is 5.10 Å². The molecule has 0 saturated heterocycles. The first-order chi connectivity index (χ1) is 6.68. The third kappa shape index (κ3) is 1.63. The molecule has 0 fully saturated rings. The summed E-state index contributed by atoms with van der Waals surface area (Å²) in [5.41, 5.74) is 6.94. The van der Waals surface area contributed by atoms with Crippen molar-refractivity contribution in [2.24, 2.45) is 0 Å². The van der Waals surface area contributed by atoms with E-state index in [0.717, 1.165) is 14.9 Å². The van der Waals surface area contributed by atoms with Crippen molar-refractivity contribution in [2.75, 3.05) is 5.73 Å². The molecule has 0 radical (unpaired) electrons. The van der Waals surface area contributed by atoms with E-state index < -0.39 is 0 Å². The van der Waals surface area contributed by atoms with Gasteiger partial charge < -0.3 is 10.2 Å². The molecule has 0 spiro atoms. The van der Waals surface area contributed by atoms with E-state index in [2.05, 4.69) is 27.7 Å². The highest BCUT2D eigenvalue weighted by atomic mass is 127. The molecule has 2 N–H and O–H groups in total. The normalized spacial score (nSPS) is 10.7. The first-order valence-electron chi connectivity index (χ1n) is 4.18. The van der Waals surface area contributed by atoms with Gasteiger partial charge in [-0.25, -0.2) is 4.68 Å². The van der Waals surface area contributed by atoms with Gasteiger partial charge in [0.25, 0.3) is 0 Å². The molecular formula is C9H10IN3O. The van der Waals surface area contributed by atoms with Crippen LogP contribution in [0.5, 0.6) is 0 Å². The van der Waals surface area contributed by atoms with Gasteiger partial charge in [-0.3, -0.25) is 0 Å². The van der Waals surface area contributed by atoms with Gasteiger partial charge in [-0.15, -0.1) is 0 Å². The molecule has 0 amide bonds. The molecule has 2 aromatic rings. The van der Waals surface area contributed by atoms with Crippen LogP contribution in [0.2, 0.25) is 0 Å². The van der Waals surface area contributed by atoms with E-state index in [1.54, 1.807) is 17.1 Å². The number of aromatic nitrogens is 2.